The number of hydrogen-bond donors (Lipinski definition) is 1. The summed E-state index contributed by atoms with van der Waals surface area (Å²) in [5.74, 6) is 0.874. The van der Waals surface area contributed by atoms with Crippen LogP contribution in [0.15, 0.2) is 59.7 Å². The van der Waals surface area contributed by atoms with Gasteiger partial charge in [-0.15, -0.1) is 0 Å². The molecular weight excluding hydrogens is 340 g/mol. The third kappa shape index (κ3) is 3.15. The SMILES string of the molecule is COc1nccc(C2=NC(C)(C)CO2)c1C(O)c1cccc2ccccc12. The lowest BCUT2D eigenvalue weighted by Gasteiger charge is -2.19. The van der Waals surface area contributed by atoms with E-state index in [0.717, 1.165) is 16.3 Å². The zero-order chi connectivity index (χ0) is 19.0. The summed E-state index contributed by atoms with van der Waals surface area (Å²) < 4.78 is 11.3. The highest BCUT2D eigenvalue weighted by Gasteiger charge is 2.31. The topological polar surface area (TPSA) is 63.9 Å². The number of ether oxygens (including phenoxy) is 2. The molecule has 2 aromatic carbocycles. The summed E-state index contributed by atoms with van der Waals surface area (Å²) in [4.78, 5) is 8.96. The maximum atomic E-state index is 11.3. The maximum Gasteiger partial charge on any atom is 0.220 e. The minimum atomic E-state index is -0.926. The molecule has 0 fully saturated rings. The monoisotopic (exact) mass is 362 g/mol. The third-order valence-corrected chi connectivity index (χ3v) is 4.74. The molecular formula is C22H22N2O3. The number of benzene rings is 2. The fourth-order valence-electron chi connectivity index (χ4n) is 3.43. The molecule has 1 unspecified atom stereocenters. The van der Waals surface area contributed by atoms with Gasteiger partial charge in [-0.3, -0.25) is 0 Å². The van der Waals surface area contributed by atoms with E-state index in [-0.39, 0.29) is 5.54 Å². The molecule has 0 amide bonds. The van der Waals surface area contributed by atoms with Gasteiger partial charge in [-0.05, 0) is 36.2 Å². The molecule has 0 saturated heterocycles. The Morgan fingerprint density at radius 3 is 2.63 bits per heavy atom. The van der Waals surface area contributed by atoms with Crippen molar-refractivity contribution in [2.75, 3.05) is 13.7 Å². The molecule has 0 saturated carbocycles. The van der Waals surface area contributed by atoms with Gasteiger partial charge in [0.05, 0.1) is 18.2 Å². The normalized spacial score (nSPS) is 16.7. The number of aromatic nitrogens is 1. The predicted molar refractivity (Wildman–Crippen MR) is 105 cm³/mol. The van der Waals surface area contributed by atoms with Gasteiger partial charge < -0.3 is 14.6 Å². The molecule has 5 heteroatoms. The fraction of sp³-hybridized carbons (Fsp3) is 0.273. The summed E-state index contributed by atoms with van der Waals surface area (Å²) >= 11 is 0. The summed E-state index contributed by atoms with van der Waals surface area (Å²) in [5.41, 5.74) is 1.76. The molecule has 0 radical (unpaired) electrons. The maximum absolute atomic E-state index is 11.3. The van der Waals surface area contributed by atoms with Crippen LogP contribution in [0, 0.1) is 0 Å². The Hall–Kier alpha value is -2.92. The smallest absolute Gasteiger partial charge is 0.220 e. The van der Waals surface area contributed by atoms with Gasteiger partial charge in [0.1, 0.15) is 12.7 Å². The van der Waals surface area contributed by atoms with Crippen LogP contribution in [0.1, 0.15) is 36.6 Å². The molecule has 0 bridgehead atoms. The molecule has 1 atom stereocenters. The number of aliphatic hydroxyl groups excluding tert-OH is 1. The second kappa shape index (κ2) is 6.67. The fourth-order valence-corrected chi connectivity index (χ4v) is 3.43. The van der Waals surface area contributed by atoms with E-state index in [2.05, 4.69) is 9.98 Å². The van der Waals surface area contributed by atoms with Gasteiger partial charge >= 0.3 is 0 Å². The first-order valence-electron chi connectivity index (χ1n) is 8.92. The molecule has 138 valence electrons. The van der Waals surface area contributed by atoms with E-state index in [1.807, 2.05) is 62.4 Å². The van der Waals surface area contributed by atoms with E-state index in [0.29, 0.717) is 29.5 Å². The minimum absolute atomic E-state index is 0.298. The Morgan fingerprint density at radius 2 is 1.89 bits per heavy atom. The van der Waals surface area contributed by atoms with Gasteiger partial charge in [0.15, 0.2) is 0 Å². The van der Waals surface area contributed by atoms with Gasteiger partial charge in [0, 0.05) is 11.8 Å². The van der Waals surface area contributed by atoms with Crippen LogP contribution in [-0.4, -0.2) is 35.2 Å². The van der Waals surface area contributed by atoms with Gasteiger partial charge in [0.25, 0.3) is 0 Å². The average Bonchev–Trinajstić information content (AvgIpc) is 3.06. The van der Waals surface area contributed by atoms with Crippen LogP contribution >= 0.6 is 0 Å². The van der Waals surface area contributed by atoms with Crippen LogP contribution < -0.4 is 4.74 Å². The first-order chi connectivity index (χ1) is 13.0. The van der Waals surface area contributed by atoms with Crippen molar-refractivity contribution >= 4 is 16.7 Å². The molecule has 5 nitrogen and oxygen atoms in total. The lowest BCUT2D eigenvalue weighted by molar-refractivity contribution is 0.213. The van der Waals surface area contributed by atoms with Crippen LogP contribution in [0.3, 0.4) is 0 Å². The van der Waals surface area contributed by atoms with Crippen molar-refractivity contribution in [3.8, 4) is 5.88 Å². The second-order valence-corrected chi connectivity index (χ2v) is 7.27. The largest absolute Gasteiger partial charge is 0.481 e. The summed E-state index contributed by atoms with van der Waals surface area (Å²) in [5, 5.41) is 13.4. The summed E-state index contributed by atoms with van der Waals surface area (Å²) in [6.45, 7) is 4.52. The predicted octanol–water partition coefficient (Wildman–Crippen LogP) is 3.88. The van der Waals surface area contributed by atoms with Crippen molar-refractivity contribution in [1.29, 1.82) is 0 Å². The van der Waals surface area contributed by atoms with Crippen LogP contribution in [0.5, 0.6) is 5.88 Å². The first kappa shape index (κ1) is 17.5. The number of methoxy groups -OCH3 is 1. The molecule has 4 rings (SSSR count). The molecule has 3 aromatic rings. The Bertz CT molecular complexity index is 1020. The highest BCUT2D eigenvalue weighted by molar-refractivity contribution is 5.98. The van der Waals surface area contributed by atoms with Gasteiger partial charge in [-0.1, -0.05) is 42.5 Å². The van der Waals surface area contributed by atoms with Crippen LogP contribution in [0.25, 0.3) is 10.8 Å². The zero-order valence-electron chi connectivity index (χ0n) is 15.6. The van der Waals surface area contributed by atoms with Crippen molar-refractivity contribution in [1.82, 2.24) is 4.98 Å². The number of nitrogens with zero attached hydrogens (tertiary/aromatic N) is 2. The van der Waals surface area contributed by atoms with E-state index < -0.39 is 6.10 Å². The zero-order valence-corrected chi connectivity index (χ0v) is 15.6. The number of aliphatic imine (C=N–C) groups is 1. The molecule has 27 heavy (non-hydrogen) atoms. The van der Waals surface area contributed by atoms with Crippen LogP contribution in [0.4, 0.5) is 0 Å². The minimum Gasteiger partial charge on any atom is -0.481 e. The molecule has 1 aliphatic heterocycles. The molecule has 1 N–H and O–H groups in total. The van der Waals surface area contributed by atoms with E-state index in [1.165, 1.54) is 0 Å². The Kier molecular flexibility index (Phi) is 4.32. The van der Waals surface area contributed by atoms with Crippen LogP contribution in [-0.2, 0) is 4.74 Å². The Morgan fingerprint density at radius 1 is 1.11 bits per heavy atom. The number of pyridine rings is 1. The molecule has 0 spiro atoms. The number of hydrogen-bond acceptors (Lipinski definition) is 5. The van der Waals surface area contributed by atoms with Crippen molar-refractivity contribution in [3.05, 3.63) is 71.4 Å². The third-order valence-electron chi connectivity index (χ3n) is 4.74. The molecule has 0 aliphatic carbocycles. The average molecular weight is 362 g/mol. The lowest BCUT2D eigenvalue weighted by Crippen LogP contribution is -2.17. The Labute approximate surface area is 158 Å². The summed E-state index contributed by atoms with van der Waals surface area (Å²) in [6.07, 6.45) is 0.717. The van der Waals surface area contributed by atoms with Crippen molar-refractivity contribution in [2.45, 2.75) is 25.5 Å². The van der Waals surface area contributed by atoms with Gasteiger partial charge in [0.2, 0.25) is 11.8 Å². The molecule has 1 aromatic heterocycles. The van der Waals surface area contributed by atoms with Gasteiger partial charge in [-0.2, -0.15) is 0 Å². The highest BCUT2D eigenvalue weighted by atomic mass is 16.5. The van der Waals surface area contributed by atoms with E-state index >= 15 is 0 Å². The second-order valence-electron chi connectivity index (χ2n) is 7.27. The highest BCUT2D eigenvalue weighted by Crippen LogP contribution is 2.36. The summed E-state index contributed by atoms with van der Waals surface area (Å²) in [6, 6.07) is 15.7. The van der Waals surface area contributed by atoms with Crippen molar-refractivity contribution in [2.24, 2.45) is 4.99 Å². The van der Waals surface area contributed by atoms with Crippen LogP contribution in [0.2, 0.25) is 0 Å². The quantitative estimate of drug-likeness (QED) is 0.765. The Balaban J connectivity index is 1.90. The van der Waals surface area contributed by atoms with Gasteiger partial charge in [-0.25, -0.2) is 9.98 Å². The molecule has 2 heterocycles. The van der Waals surface area contributed by atoms with Crippen molar-refractivity contribution in [3.63, 3.8) is 0 Å². The summed E-state index contributed by atoms with van der Waals surface area (Å²) in [7, 11) is 1.55. The number of rotatable bonds is 4. The van der Waals surface area contributed by atoms with E-state index in [9.17, 15) is 5.11 Å². The number of fused-ring (bicyclic) bond motifs is 1. The standard InChI is InChI=1S/C22H22N2O3/c1-22(2)13-27-20(24-22)17-11-12-23-21(26-3)18(17)19(25)16-10-6-8-14-7-4-5-9-15(14)16/h4-12,19,25H,13H2,1-3H3. The number of aliphatic hydroxyl groups is 1. The lowest BCUT2D eigenvalue weighted by atomic mass is 9.93. The molecule has 1 aliphatic rings. The van der Waals surface area contributed by atoms with Crippen molar-refractivity contribution < 1.29 is 14.6 Å². The van der Waals surface area contributed by atoms with E-state index in [1.54, 1.807) is 13.3 Å². The first-order valence-corrected chi connectivity index (χ1v) is 8.92. The van der Waals surface area contributed by atoms with E-state index in [4.69, 9.17) is 9.47 Å².